The Labute approximate surface area is 162 Å². The predicted octanol–water partition coefficient (Wildman–Crippen LogP) is 2.66. The van der Waals surface area contributed by atoms with Gasteiger partial charge in [-0.2, -0.15) is 13.2 Å². The largest absolute Gasteiger partial charge is 0.419 e. The molecule has 29 heavy (non-hydrogen) atoms. The van der Waals surface area contributed by atoms with Gasteiger partial charge in [-0.1, -0.05) is 0 Å². The van der Waals surface area contributed by atoms with Crippen LogP contribution in [0, 0.1) is 22.0 Å². The number of piperidine rings is 1. The van der Waals surface area contributed by atoms with E-state index in [1.165, 1.54) is 24.4 Å². The first kappa shape index (κ1) is 18.9. The highest BCUT2D eigenvalue weighted by Crippen LogP contribution is 2.48. The van der Waals surface area contributed by atoms with Crippen molar-refractivity contribution in [3.8, 4) is 0 Å². The molecule has 2 fully saturated rings. The summed E-state index contributed by atoms with van der Waals surface area (Å²) < 4.78 is 39.5. The molecule has 1 saturated carbocycles. The number of aromatic nitrogens is 2. The molecule has 0 aromatic carbocycles. The summed E-state index contributed by atoms with van der Waals surface area (Å²) in [5.41, 5.74) is -0.965. The molecule has 4 rings (SSSR count). The summed E-state index contributed by atoms with van der Waals surface area (Å²) in [6.45, 7) is 0.733. The topological polar surface area (TPSA) is 113 Å². The molecule has 2 aromatic heterocycles. The molecule has 0 bridgehead atoms. The first-order valence-corrected chi connectivity index (χ1v) is 8.69. The molecule has 2 amide bonds. The zero-order valence-electron chi connectivity index (χ0n) is 14.8. The van der Waals surface area contributed by atoms with Gasteiger partial charge in [-0.15, -0.1) is 0 Å². The zero-order chi connectivity index (χ0) is 20.8. The minimum atomic E-state index is -4.48. The third-order valence-corrected chi connectivity index (χ3v) is 5.08. The van der Waals surface area contributed by atoms with Crippen LogP contribution in [0.3, 0.4) is 0 Å². The van der Waals surface area contributed by atoms with Gasteiger partial charge in [-0.3, -0.25) is 15.4 Å². The molecule has 3 atom stereocenters. The number of nitro groups is 1. The first-order chi connectivity index (χ1) is 13.7. The number of amides is 2. The number of alkyl halides is 3. The number of nitrogens with zero attached hydrogens (tertiary/aromatic N) is 4. The highest BCUT2D eigenvalue weighted by atomic mass is 19.4. The quantitative estimate of drug-likeness (QED) is 0.594. The molecule has 2 N–H and O–H groups in total. The number of carbonyl (C=O) groups is 1. The normalized spacial score (nSPS) is 22.7. The van der Waals surface area contributed by atoms with Crippen LogP contribution in [0.15, 0.2) is 36.7 Å². The summed E-state index contributed by atoms with van der Waals surface area (Å²) >= 11 is 0. The summed E-state index contributed by atoms with van der Waals surface area (Å²) in [5, 5.41) is 15.8. The van der Waals surface area contributed by atoms with Crippen LogP contribution in [0.1, 0.15) is 5.56 Å². The zero-order valence-corrected chi connectivity index (χ0v) is 14.8. The van der Waals surface area contributed by atoms with E-state index in [1.54, 1.807) is 4.90 Å². The lowest BCUT2D eigenvalue weighted by Crippen LogP contribution is -2.37. The van der Waals surface area contributed by atoms with Gasteiger partial charge < -0.3 is 10.2 Å². The molecule has 3 heterocycles. The summed E-state index contributed by atoms with van der Waals surface area (Å²) in [7, 11) is 0. The maximum Gasteiger partial charge on any atom is 0.419 e. The van der Waals surface area contributed by atoms with Crippen molar-refractivity contribution in [2.75, 3.05) is 23.3 Å². The van der Waals surface area contributed by atoms with Gasteiger partial charge in [0, 0.05) is 43.2 Å². The molecule has 9 nitrogen and oxygen atoms in total. The van der Waals surface area contributed by atoms with E-state index < -0.39 is 22.7 Å². The van der Waals surface area contributed by atoms with E-state index in [0.29, 0.717) is 13.1 Å². The van der Waals surface area contributed by atoms with Crippen LogP contribution in [-0.4, -0.2) is 40.1 Å². The van der Waals surface area contributed by atoms with E-state index in [9.17, 15) is 28.1 Å². The van der Waals surface area contributed by atoms with Gasteiger partial charge in [0.2, 0.25) is 0 Å². The number of urea groups is 1. The van der Waals surface area contributed by atoms with E-state index in [2.05, 4.69) is 20.6 Å². The average Bonchev–Trinajstić information content (AvgIpc) is 3.10. The second-order valence-corrected chi connectivity index (χ2v) is 6.89. The lowest BCUT2D eigenvalue weighted by atomic mass is 10.2. The van der Waals surface area contributed by atoms with Crippen molar-refractivity contribution in [3.05, 3.63) is 52.3 Å². The molecule has 1 unspecified atom stereocenters. The van der Waals surface area contributed by atoms with Crippen molar-refractivity contribution in [1.29, 1.82) is 0 Å². The number of hydrogen-bond donors (Lipinski definition) is 2. The lowest BCUT2D eigenvalue weighted by Gasteiger charge is -2.24. The summed E-state index contributed by atoms with van der Waals surface area (Å²) in [6, 6.07) is 4.12. The molecule has 2 aromatic rings. The molecule has 0 radical (unpaired) electrons. The van der Waals surface area contributed by atoms with Crippen molar-refractivity contribution in [3.63, 3.8) is 0 Å². The number of anilines is 2. The second-order valence-electron chi connectivity index (χ2n) is 6.89. The van der Waals surface area contributed by atoms with E-state index in [-0.39, 0.29) is 35.2 Å². The van der Waals surface area contributed by atoms with Crippen molar-refractivity contribution < 1.29 is 22.9 Å². The summed E-state index contributed by atoms with van der Waals surface area (Å²) in [4.78, 5) is 31.4. The Kier molecular flexibility index (Phi) is 4.47. The van der Waals surface area contributed by atoms with Gasteiger partial charge in [0.1, 0.15) is 17.8 Å². The van der Waals surface area contributed by atoms with Crippen LogP contribution in [0.2, 0.25) is 0 Å². The molecule has 152 valence electrons. The van der Waals surface area contributed by atoms with Crippen molar-refractivity contribution in [2.45, 2.75) is 12.2 Å². The van der Waals surface area contributed by atoms with Crippen LogP contribution in [0.4, 0.5) is 35.3 Å². The third-order valence-electron chi connectivity index (χ3n) is 5.08. The first-order valence-electron chi connectivity index (χ1n) is 8.69. The monoisotopic (exact) mass is 408 g/mol. The molecule has 2 aliphatic rings. The van der Waals surface area contributed by atoms with Gasteiger partial charge in [0.25, 0.3) is 5.69 Å². The minimum absolute atomic E-state index is 0.0358. The van der Waals surface area contributed by atoms with Crippen LogP contribution in [0.25, 0.3) is 0 Å². The van der Waals surface area contributed by atoms with Gasteiger partial charge in [-0.05, 0) is 18.2 Å². The number of halogens is 3. The fourth-order valence-corrected chi connectivity index (χ4v) is 3.66. The molecule has 1 aliphatic carbocycles. The summed E-state index contributed by atoms with van der Waals surface area (Å²) in [5.74, 6) is 0.136. The lowest BCUT2D eigenvalue weighted by molar-refractivity contribution is -0.385. The van der Waals surface area contributed by atoms with Gasteiger partial charge >= 0.3 is 12.2 Å². The standard InChI is InChI=1S/C17H15F3N6O3/c18-17(19,20)12-2-1-5-21-15(12)25-7-10-11(8-25)14(10)24-16(27)23-13-4-3-9(6-22-13)26(28)29/h1-6,10-11,14H,7-8H2,(H2,22,23,24,27)/t10-,11+,14?. The van der Waals surface area contributed by atoms with Crippen LogP contribution >= 0.6 is 0 Å². The van der Waals surface area contributed by atoms with E-state index >= 15 is 0 Å². The number of nitrogens with one attached hydrogen (secondary N) is 2. The van der Waals surface area contributed by atoms with Gasteiger partial charge in [-0.25, -0.2) is 14.8 Å². The molecular formula is C17H15F3N6O3. The predicted molar refractivity (Wildman–Crippen MR) is 95.3 cm³/mol. The molecule has 1 saturated heterocycles. The fourth-order valence-electron chi connectivity index (χ4n) is 3.66. The van der Waals surface area contributed by atoms with Gasteiger partial charge in [0.05, 0.1) is 10.5 Å². The maximum atomic E-state index is 13.2. The molecule has 12 heteroatoms. The number of rotatable bonds is 4. The smallest absolute Gasteiger partial charge is 0.355 e. The second kappa shape index (κ2) is 6.87. The minimum Gasteiger partial charge on any atom is -0.355 e. The number of carbonyl (C=O) groups excluding carboxylic acids is 1. The SMILES string of the molecule is O=C(Nc1ccc([N+](=O)[O-])cn1)NC1[C@H]2CN(c3ncccc3C(F)(F)F)C[C@@H]12. The third kappa shape index (κ3) is 3.77. The number of fused-ring (bicyclic) bond motifs is 1. The van der Waals surface area contributed by atoms with Crippen LogP contribution in [-0.2, 0) is 6.18 Å². The maximum absolute atomic E-state index is 13.2. The fraction of sp³-hybridized carbons (Fsp3) is 0.353. The van der Waals surface area contributed by atoms with Gasteiger partial charge in [0.15, 0.2) is 0 Å². The van der Waals surface area contributed by atoms with Crippen molar-refractivity contribution in [1.82, 2.24) is 15.3 Å². The Hall–Kier alpha value is -3.44. The summed E-state index contributed by atoms with van der Waals surface area (Å²) in [6.07, 6.45) is -2.12. The van der Waals surface area contributed by atoms with Crippen LogP contribution < -0.4 is 15.5 Å². The van der Waals surface area contributed by atoms with E-state index in [4.69, 9.17) is 0 Å². The Balaban J connectivity index is 1.32. The molecular weight excluding hydrogens is 393 g/mol. The average molecular weight is 408 g/mol. The van der Waals surface area contributed by atoms with Crippen LogP contribution in [0.5, 0.6) is 0 Å². The number of hydrogen-bond acceptors (Lipinski definition) is 6. The Bertz CT molecular complexity index is 940. The number of pyridine rings is 2. The van der Waals surface area contributed by atoms with E-state index in [0.717, 1.165) is 12.3 Å². The highest BCUT2D eigenvalue weighted by Gasteiger charge is 2.57. The van der Waals surface area contributed by atoms with Crippen molar-refractivity contribution in [2.24, 2.45) is 11.8 Å². The molecule has 1 aliphatic heterocycles. The van der Waals surface area contributed by atoms with Crippen molar-refractivity contribution >= 4 is 23.4 Å². The van der Waals surface area contributed by atoms with E-state index in [1.807, 2.05) is 0 Å². The highest BCUT2D eigenvalue weighted by molar-refractivity contribution is 5.88. The Morgan fingerprint density at radius 2 is 1.93 bits per heavy atom. The molecule has 0 spiro atoms. The Morgan fingerprint density at radius 1 is 1.21 bits per heavy atom. The Morgan fingerprint density at radius 3 is 2.52 bits per heavy atom.